The Morgan fingerprint density at radius 1 is 0.750 bits per heavy atom. The van der Waals surface area contributed by atoms with Crippen molar-refractivity contribution in [2.45, 2.75) is 41.6 Å². The summed E-state index contributed by atoms with van der Waals surface area (Å²) in [6, 6.07) is 21.0. The van der Waals surface area contributed by atoms with Crippen molar-refractivity contribution in [2.75, 3.05) is 27.9 Å². The Bertz CT molecular complexity index is 1370. The van der Waals surface area contributed by atoms with E-state index in [2.05, 4.69) is 0 Å². The lowest BCUT2D eigenvalue weighted by Gasteiger charge is -2.41. The van der Waals surface area contributed by atoms with Gasteiger partial charge in [-0.25, -0.2) is 4.79 Å². The van der Waals surface area contributed by atoms with Crippen molar-refractivity contribution in [3.63, 3.8) is 0 Å². The minimum atomic E-state index is -2.19. The molecule has 0 saturated carbocycles. The first-order valence-electron chi connectivity index (χ1n) is 13.4. The summed E-state index contributed by atoms with van der Waals surface area (Å²) in [5, 5.41) is 8.13. The molecule has 4 rings (SSSR count). The molecule has 1 aliphatic rings. The van der Waals surface area contributed by atoms with Gasteiger partial charge in [-0.2, -0.15) is 0 Å². The standard InChI is InChI=1S/C31H32Cl3NO9/c1-37-22-10-4-19(5-11-22)16-40-25-18-42-29(44-30(35)31(32,33)34)27(43-28(36)21-8-14-24(39-3)15-9-21)26(25)41-17-20-6-12-23(38-2)13-7-20/h4-15,25-27,29,35H,16-18H2,1-3H3/t25-,26+,27-,29-/m1/s1. The van der Waals surface area contributed by atoms with Gasteiger partial charge in [0.15, 0.2) is 6.10 Å². The number of esters is 1. The number of carbonyl (C=O) groups excluding carboxylic acids is 1. The van der Waals surface area contributed by atoms with Crippen LogP contribution in [0.1, 0.15) is 21.5 Å². The molecule has 0 bridgehead atoms. The average molecular weight is 669 g/mol. The lowest BCUT2D eigenvalue weighted by atomic mass is 10.0. The van der Waals surface area contributed by atoms with E-state index in [0.717, 1.165) is 11.1 Å². The van der Waals surface area contributed by atoms with Crippen LogP contribution in [0, 0.1) is 5.41 Å². The topological polar surface area (TPSA) is 115 Å². The number of hydrogen-bond acceptors (Lipinski definition) is 10. The summed E-state index contributed by atoms with van der Waals surface area (Å²) in [6.45, 7) is 0.259. The molecule has 0 amide bonds. The lowest BCUT2D eigenvalue weighted by molar-refractivity contribution is -0.268. The van der Waals surface area contributed by atoms with Gasteiger partial charge in [0.2, 0.25) is 12.2 Å². The first-order valence-corrected chi connectivity index (χ1v) is 14.5. The normalized spacial score (nSPS) is 20.0. The predicted molar refractivity (Wildman–Crippen MR) is 164 cm³/mol. The number of alkyl halides is 3. The highest BCUT2D eigenvalue weighted by atomic mass is 35.6. The monoisotopic (exact) mass is 667 g/mol. The van der Waals surface area contributed by atoms with Crippen LogP contribution in [0.4, 0.5) is 0 Å². The minimum absolute atomic E-state index is 0.0438. The number of benzene rings is 3. The van der Waals surface area contributed by atoms with Crippen molar-refractivity contribution in [3.05, 3.63) is 89.5 Å². The molecule has 44 heavy (non-hydrogen) atoms. The minimum Gasteiger partial charge on any atom is -0.497 e. The molecule has 1 fully saturated rings. The van der Waals surface area contributed by atoms with Crippen molar-refractivity contribution in [2.24, 2.45) is 0 Å². The average Bonchev–Trinajstić information content (AvgIpc) is 3.04. The maximum Gasteiger partial charge on any atom is 0.338 e. The number of hydrogen-bond donors (Lipinski definition) is 1. The van der Waals surface area contributed by atoms with Gasteiger partial charge in [-0.1, -0.05) is 59.1 Å². The first-order chi connectivity index (χ1) is 21.1. The number of ether oxygens (including phenoxy) is 8. The van der Waals surface area contributed by atoms with Crippen LogP contribution in [0.3, 0.4) is 0 Å². The van der Waals surface area contributed by atoms with E-state index >= 15 is 0 Å². The Morgan fingerprint density at radius 3 is 1.70 bits per heavy atom. The highest BCUT2D eigenvalue weighted by Gasteiger charge is 2.48. The van der Waals surface area contributed by atoms with Gasteiger partial charge < -0.3 is 37.9 Å². The fourth-order valence-electron chi connectivity index (χ4n) is 4.26. The molecule has 3 aromatic rings. The van der Waals surface area contributed by atoms with E-state index in [1.807, 2.05) is 36.4 Å². The number of methoxy groups -OCH3 is 3. The lowest BCUT2D eigenvalue weighted by Crippen LogP contribution is -2.58. The van der Waals surface area contributed by atoms with Crippen LogP contribution in [-0.4, -0.2) is 68.2 Å². The highest BCUT2D eigenvalue weighted by Crippen LogP contribution is 2.32. The largest absolute Gasteiger partial charge is 0.497 e. The fourth-order valence-corrected chi connectivity index (χ4v) is 4.39. The predicted octanol–water partition coefficient (Wildman–Crippen LogP) is 6.13. The van der Waals surface area contributed by atoms with Gasteiger partial charge in [-0.3, -0.25) is 5.41 Å². The number of halogens is 3. The highest BCUT2D eigenvalue weighted by molar-refractivity contribution is 6.76. The third-order valence-electron chi connectivity index (χ3n) is 6.67. The smallest absolute Gasteiger partial charge is 0.338 e. The molecule has 0 aliphatic carbocycles. The third-order valence-corrected chi connectivity index (χ3v) is 7.18. The molecule has 236 valence electrons. The van der Waals surface area contributed by atoms with E-state index in [1.165, 1.54) is 7.11 Å². The molecule has 10 nitrogen and oxygen atoms in total. The molecule has 1 aliphatic heterocycles. The van der Waals surface area contributed by atoms with Gasteiger partial charge in [-0.15, -0.1) is 0 Å². The SMILES string of the molecule is COc1ccc(CO[C@@H]2[C@@H](OC(=O)c3ccc(OC)cc3)[C@@H](OC(=N)C(Cl)(Cl)Cl)OC[C@H]2OCc2ccc(OC)cc2)cc1. The first kappa shape index (κ1) is 33.6. The van der Waals surface area contributed by atoms with Crippen molar-refractivity contribution < 1.29 is 42.7 Å². The van der Waals surface area contributed by atoms with E-state index < -0.39 is 40.3 Å². The van der Waals surface area contributed by atoms with Crippen LogP contribution >= 0.6 is 34.8 Å². The molecule has 0 spiro atoms. The zero-order chi connectivity index (χ0) is 31.7. The Morgan fingerprint density at radius 2 is 1.23 bits per heavy atom. The van der Waals surface area contributed by atoms with Crippen LogP contribution in [0.2, 0.25) is 0 Å². The Balaban J connectivity index is 1.62. The van der Waals surface area contributed by atoms with Gasteiger partial charge in [0.1, 0.15) is 29.5 Å². The van der Waals surface area contributed by atoms with Crippen molar-refractivity contribution in [1.29, 1.82) is 5.41 Å². The molecular weight excluding hydrogens is 637 g/mol. The molecule has 4 atom stereocenters. The van der Waals surface area contributed by atoms with E-state index in [9.17, 15) is 4.79 Å². The maximum atomic E-state index is 13.3. The quantitative estimate of drug-likeness (QED) is 0.105. The van der Waals surface area contributed by atoms with Crippen molar-refractivity contribution in [3.8, 4) is 17.2 Å². The molecule has 1 heterocycles. The molecule has 1 N–H and O–H groups in total. The summed E-state index contributed by atoms with van der Waals surface area (Å²) in [6.07, 6.45) is -4.27. The zero-order valence-corrected chi connectivity index (χ0v) is 26.4. The molecule has 0 unspecified atom stereocenters. The van der Waals surface area contributed by atoms with E-state index in [1.54, 1.807) is 50.6 Å². The van der Waals surface area contributed by atoms with Crippen LogP contribution in [-0.2, 0) is 36.9 Å². The van der Waals surface area contributed by atoms with E-state index in [4.69, 9.17) is 78.1 Å². The van der Waals surface area contributed by atoms with Crippen molar-refractivity contribution >= 4 is 46.7 Å². The van der Waals surface area contributed by atoms with Gasteiger partial charge >= 0.3 is 5.97 Å². The second-order valence-electron chi connectivity index (χ2n) is 9.57. The second kappa shape index (κ2) is 15.7. The number of rotatable bonds is 12. The van der Waals surface area contributed by atoms with Crippen LogP contribution < -0.4 is 14.2 Å². The van der Waals surface area contributed by atoms with Crippen LogP contribution in [0.25, 0.3) is 0 Å². The van der Waals surface area contributed by atoms with Crippen LogP contribution in [0.5, 0.6) is 17.2 Å². The van der Waals surface area contributed by atoms with Gasteiger partial charge in [-0.05, 0) is 59.7 Å². The summed E-state index contributed by atoms with van der Waals surface area (Å²) in [7, 11) is 4.68. The maximum absolute atomic E-state index is 13.3. The summed E-state index contributed by atoms with van der Waals surface area (Å²) in [5.74, 6) is 0.532. The second-order valence-corrected chi connectivity index (χ2v) is 11.8. The molecule has 13 heteroatoms. The zero-order valence-electron chi connectivity index (χ0n) is 24.2. The number of carbonyl (C=O) groups is 1. The summed E-state index contributed by atoms with van der Waals surface area (Å²) < 4.78 is 43.5. The Hall–Kier alpha value is -3.25. The summed E-state index contributed by atoms with van der Waals surface area (Å²) in [4.78, 5) is 13.3. The van der Waals surface area contributed by atoms with Gasteiger partial charge in [0.05, 0.1) is 46.7 Å². The molecule has 3 aromatic carbocycles. The summed E-state index contributed by atoms with van der Waals surface area (Å²) >= 11 is 17.6. The summed E-state index contributed by atoms with van der Waals surface area (Å²) in [5.41, 5.74) is 1.91. The third kappa shape index (κ3) is 9.13. The van der Waals surface area contributed by atoms with E-state index in [-0.39, 0.29) is 25.4 Å². The Kier molecular flexibility index (Phi) is 12.0. The number of nitrogens with one attached hydrogen (secondary N) is 1. The molecule has 0 radical (unpaired) electrons. The molecular formula is C31H32Cl3NO9. The van der Waals surface area contributed by atoms with Crippen LogP contribution in [0.15, 0.2) is 72.8 Å². The Labute approximate surface area is 270 Å². The van der Waals surface area contributed by atoms with Gasteiger partial charge in [0.25, 0.3) is 3.79 Å². The molecule has 1 saturated heterocycles. The molecule has 0 aromatic heterocycles. The fraction of sp³-hybridized carbons (Fsp3) is 0.355. The van der Waals surface area contributed by atoms with Gasteiger partial charge in [0, 0.05) is 0 Å². The van der Waals surface area contributed by atoms with Crippen molar-refractivity contribution in [1.82, 2.24) is 0 Å². The van der Waals surface area contributed by atoms with E-state index in [0.29, 0.717) is 17.2 Å².